The molecule has 0 spiro atoms. The quantitative estimate of drug-likeness (QED) is 0.802. The molecule has 4 nitrogen and oxygen atoms in total. The number of carbonyl (C=O) groups is 1. The molecule has 0 unspecified atom stereocenters. The van der Waals surface area contributed by atoms with Crippen molar-refractivity contribution in [1.82, 2.24) is 4.98 Å². The van der Waals surface area contributed by atoms with Gasteiger partial charge in [-0.1, -0.05) is 19.9 Å². The SMILES string of the molecule is CC(C)COc1ncccc1CC(=O)O. The van der Waals surface area contributed by atoms with Crippen molar-refractivity contribution >= 4 is 5.97 Å². The van der Waals surface area contributed by atoms with E-state index in [0.717, 1.165) is 0 Å². The zero-order valence-corrected chi connectivity index (χ0v) is 8.93. The van der Waals surface area contributed by atoms with E-state index in [1.807, 2.05) is 13.8 Å². The molecule has 4 heteroatoms. The van der Waals surface area contributed by atoms with Crippen LogP contribution in [0.3, 0.4) is 0 Å². The maximum absolute atomic E-state index is 10.6. The number of hydrogen-bond acceptors (Lipinski definition) is 3. The van der Waals surface area contributed by atoms with Crippen LogP contribution in [0.2, 0.25) is 0 Å². The van der Waals surface area contributed by atoms with Crippen molar-refractivity contribution in [1.29, 1.82) is 0 Å². The van der Waals surface area contributed by atoms with Gasteiger partial charge in [-0.05, 0) is 12.0 Å². The summed E-state index contributed by atoms with van der Waals surface area (Å²) in [6.07, 6.45) is 1.54. The molecule has 82 valence electrons. The van der Waals surface area contributed by atoms with E-state index in [4.69, 9.17) is 9.84 Å². The Bertz CT molecular complexity index is 336. The standard InChI is InChI=1S/C11H15NO3/c1-8(2)7-15-11-9(6-10(13)14)4-3-5-12-11/h3-5,8H,6-7H2,1-2H3,(H,13,14). The predicted molar refractivity (Wildman–Crippen MR) is 55.9 cm³/mol. The lowest BCUT2D eigenvalue weighted by Crippen LogP contribution is -2.09. The van der Waals surface area contributed by atoms with Crippen molar-refractivity contribution in [3.05, 3.63) is 23.9 Å². The number of aliphatic carboxylic acids is 1. The highest BCUT2D eigenvalue weighted by Gasteiger charge is 2.08. The second kappa shape index (κ2) is 5.34. The Morgan fingerprint density at radius 3 is 2.93 bits per heavy atom. The number of nitrogens with zero attached hydrogens (tertiary/aromatic N) is 1. The maximum atomic E-state index is 10.6. The van der Waals surface area contributed by atoms with Crippen LogP contribution in [0.5, 0.6) is 5.88 Å². The van der Waals surface area contributed by atoms with Gasteiger partial charge in [-0.2, -0.15) is 0 Å². The van der Waals surface area contributed by atoms with Gasteiger partial charge < -0.3 is 9.84 Å². The monoisotopic (exact) mass is 209 g/mol. The van der Waals surface area contributed by atoms with Gasteiger partial charge in [-0.15, -0.1) is 0 Å². The Labute approximate surface area is 88.9 Å². The van der Waals surface area contributed by atoms with Crippen LogP contribution in [-0.2, 0) is 11.2 Å². The Balaban J connectivity index is 2.72. The summed E-state index contributed by atoms with van der Waals surface area (Å²) < 4.78 is 5.42. The molecule has 0 saturated carbocycles. The molecule has 0 bridgehead atoms. The molecule has 0 aliphatic heterocycles. The zero-order valence-electron chi connectivity index (χ0n) is 8.93. The summed E-state index contributed by atoms with van der Waals surface area (Å²) in [4.78, 5) is 14.6. The average molecular weight is 209 g/mol. The molecule has 0 fully saturated rings. The van der Waals surface area contributed by atoms with Gasteiger partial charge >= 0.3 is 5.97 Å². The topological polar surface area (TPSA) is 59.4 Å². The second-order valence-electron chi connectivity index (χ2n) is 3.74. The smallest absolute Gasteiger partial charge is 0.308 e. The van der Waals surface area contributed by atoms with Gasteiger partial charge in [0, 0.05) is 11.8 Å². The number of aromatic nitrogens is 1. The lowest BCUT2D eigenvalue weighted by Gasteiger charge is -2.10. The first-order valence-corrected chi connectivity index (χ1v) is 4.88. The highest BCUT2D eigenvalue weighted by Crippen LogP contribution is 2.15. The molecule has 0 radical (unpaired) electrons. The Kier molecular flexibility index (Phi) is 4.09. The molecule has 0 aromatic carbocycles. The van der Waals surface area contributed by atoms with E-state index in [1.54, 1.807) is 18.3 Å². The number of rotatable bonds is 5. The van der Waals surface area contributed by atoms with E-state index >= 15 is 0 Å². The van der Waals surface area contributed by atoms with Gasteiger partial charge in [0.25, 0.3) is 0 Å². The molecule has 1 N–H and O–H groups in total. The fourth-order valence-electron chi connectivity index (χ4n) is 1.10. The molecule has 15 heavy (non-hydrogen) atoms. The largest absolute Gasteiger partial charge is 0.481 e. The van der Waals surface area contributed by atoms with Gasteiger partial charge in [0.15, 0.2) is 0 Å². The van der Waals surface area contributed by atoms with Gasteiger partial charge in [-0.25, -0.2) is 4.98 Å². The Morgan fingerprint density at radius 2 is 2.33 bits per heavy atom. The van der Waals surface area contributed by atoms with Gasteiger partial charge in [0.1, 0.15) is 0 Å². The third-order valence-electron chi connectivity index (χ3n) is 1.75. The summed E-state index contributed by atoms with van der Waals surface area (Å²) in [5.74, 6) is -0.0596. The van der Waals surface area contributed by atoms with Crippen molar-refractivity contribution in [2.24, 2.45) is 5.92 Å². The first-order chi connectivity index (χ1) is 7.09. The third kappa shape index (κ3) is 3.97. The van der Waals surface area contributed by atoms with E-state index in [1.165, 1.54) is 0 Å². The summed E-state index contributed by atoms with van der Waals surface area (Å²) in [5, 5.41) is 8.69. The zero-order chi connectivity index (χ0) is 11.3. The van der Waals surface area contributed by atoms with Gasteiger partial charge in [-0.3, -0.25) is 4.79 Å². The number of carboxylic acid groups (broad SMARTS) is 1. The summed E-state index contributed by atoms with van der Waals surface area (Å²) in [7, 11) is 0. The molecular weight excluding hydrogens is 194 g/mol. The molecule has 1 aromatic rings. The average Bonchev–Trinajstić information content (AvgIpc) is 2.15. The van der Waals surface area contributed by atoms with E-state index in [2.05, 4.69) is 4.98 Å². The molecule has 1 aromatic heterocycles. The van der Waals surface area contributed by atoms with Crippen LogP contribution in [0.25, 0.3) is 0 Å². The molecule has 0 aliphatic rings. The van der Waals surface area contributed by atoms with Crippen molar-refractivity contribution in [3.8, 4) is 5.88 Å². The van der Waals surface area contributed by atoms with Crippen LogP contribution >= 0.6 is 0 Å². The van der Waals surface area contributed by atoms with Crippen LogP contribution in [0.15, 0.2) is 18.3 Å². The summed E-state index contributed by atoms with van der Waals surface area (Å²) in [5.41, 5.74) is 0.616. The van der Waals surface area contributed by atoms with Crippen molar-refractivity contribution in [2.75, 3.05) is 6.61 Å². The molecule has 0 aliphatic carbocycles. The van der Waals surface area contributed by atoms with E-state index in [9.17, 15) is 4.79 Å². The Morgan fingerprint density at radius 1 is 1.60 bits per heavy atom. The van der Waals surface area contributed by atoms with Gasteiger partial charge in [0.05, 0.1) is 13.0 Å². The summed E-state index contributed by atoms with van der Waals surface area (Å²) in [6.45, 7) is 4.60. The summed E-state index contributed by atoms with van der Waals surface area (Å²) >= 11 is 0. The minimum Gasteiger partial charge on any atom is -0.481 e. The van der Waals surface area contributed by atoms with E-state index < -0.39 is 5.97 Å². The Hall–Kier alpha value is -1.58. The van der Waals surface area contributed by atoms with E-state index in [0.29, 0.717) is 24.0 Å². The highest BCUT2D eigenvalue weighted by molar-refractivity contribution is 5.70. The first kappa shape index (κ1) is 11.5. The lowest BCUT2D eigenvalue weighted by molar-refractivity contribution is -0.136. The number of pyridine rings is 1. The fraction of sp³-hybridized carbons (Fsp3) is 0.455. The van der Waals surface area contributed by atoms with Crippen LogP contribution in [0, 0.1) is 5.92 Å². The number of hydrogen-bond donors (Lipinski definition) is 1. The van der Waals surface area contributed by atoms with E-state index in [-0.39, 0.29) is 6.42 Å². The molecule has 0 saturated heterocycles. The van der Waals surface area contributed by atoms with Crippen LogP contribution in [-0.4, -0.2) is 22.7 Å². The second-order valence-corrected chi connectivity index (χ2v) is 3.74. The first-order valence-electron chi connectivity index (χ1n) is 4.88. The third-order valence-corrected chi connectivity index (χ3v) is 1.75. The number of ether oxygens (including phenoxy) is 1. The summed E-state index contributed by atoms with van der Waals surface area (Å²) in [6, 6.07) is 3.43. The predicted octanol–water partition coefficient (Wildman–Crippen LogP) is 1.74. The van der Waals surface area contributed by atoms with Gasteiger partial charge in [0.2, 0.25) is 5.88 Å². The van der Waals surface area contributed by atoms with Crippen molar-refractivity contribution < 1.29 is 14.6 Å². The van der Waals surface area contributed by atoms with Crippen LogP contribution in [0.4, 0.5) is 0 Å². The normalized spacial score (nSPS) is 10.3. The molecule has 1 heterocycles. The van der Waals surface area contributed by atoms with Crippen LogP contribution < -0.4 is 4.74 Å². The highest BCUT2D eigenvalue weighted by atomic mass is 16.5. The maximum Gasteiger partial charge on any atom is 0.308 e. The molecule has 0 atom stereocenters. The minimum atomic E-state index is -0.877. The lowest BCUT2D eigenvalue weighted by atomic mass is 10.2. The van der Waals surface area contributed by atoms with Crippen molar-refractivity contribution in [3.63, 3.8) is 0 Å². The molecule has 1 rings (SSSR count). The minimum absolute atomic E-state index is 0.0543. The van der Waals surface area contributed by atoms with Crippen LogP contribution in [0.1, 0.15) is 19.4 Å². The molecular formula is C11H15NO3. The number of carboxylic acids is 1. The molecule has 0 amide bonds. The fourth-order valence-corrected chi connectivity index (χ4v) is 1.10. The van der Waals surface area contributed by atoms with Crippen molar-refractivity contribution in [2.45, 2.75) is 20.3 Å².